The van der Waals surface area contributed by atoms with Crippen molar-refractivity contribution in [2.45, 2.75) is 20.4 Å². The molecule has 1 aliphatic rings. The lowest BCUT2D eigenvalue weighted by Crippen LogP contribution is -2.20. The third kappa shape index (κ3) is 1.61. The second kappa shape index (κ2) is 4.37. The Balaban J connectivity index is 2.15. The summed E-state index contributed by atoms with van der Waals surface area (Å²) in [5, 5.41) is 0.853. The van der Waals surface area contributed by atoms with Gasteiger partial charge in [-0.3, -0.25) is 9.59 Å². The summed E-state index contributed by atoms with van der Waals surface area (Å²) >= 11 is 0. The van der Waals surface area contributed by atoms with Crippen molar-refractivity contribution in [1.29, 1.82) is 0 Å². The van der Waals surface area contributed by atoms with Gasteiger partial charge in [0.2, 0.25) is 0 Å². The Morgan fingerprint density at radius 3 is 2.73 bits per heavy atom. The molecule has 0 saturated heterocycles. The van der Waals surface area contributed by atoms with E-state index in [0.29, 0.717) is 17.7 Å². The molecule has 3 heterocycles. The van der Waals surface area contributed by atoms with Crippen LogP contribution in [-0.4, -0.2) is 15.3 Å². The smallest absolute Gasteiger partial charge is 0.254 e. The third-order valence-corrected chi connectivity index (χ3v) is 4.27. The maximum absolute atomic E-state index is 12.4. The van der Waals surface area contributed by atoms with E-state index in [2.05, 4.69) is 0 Å². The highest BCUT2D eigenvalue weighted by atomic mass is 16.1. The number of hydrogen-bond donors (Lipinski definition) is 0. The Morgan fingerprint density at radius 2 is 1.95 bits per heavy atom. The van der Waals surface area contributed by atoms with E-state index >= 15 is 0 Å². The minimum atomic E-state index is -0.0194. The lowest BCUT2D eigenvalue weighted by atomic mass is 9.98. The predicted molar refractivity (Wildman–Crippen MR) is 85.3 cm³/mol. The van der Waals surface area contributed by atoms with Crippen LogP contribution in [0.2, 0.25) is 0 Å². The van der Waals surface area contributed by atoms with Crippen LogP contribution in [0.5, 0.6) is 0 Å². The number of rotatable bonds is 1. The highest BCUT2D eigenvalue weighted by molar-refractivity contribution is 6.09. The van der Waals surface area contributed by atoms with Crippen molar-refractivity contribution in [2.75, 3.05) is 0 Å². The molecule has 0 aliphatic carbocycles. The second-order valence-corrected chi connectivity index (χ2v) is 5.68. The molecule has 0 amide bonds. The molecule has 1 aromatic carbocycles. The summed E-state index contributed by atoms with van der Waals surface area (Å²) in [6.07, 6.45) is 0. The molecule has 0 radical (unpaired) electrons. The molecule has 3 aromatic rings. The molecule has 22 heavy (non-hydrogen) atoms. The van der Waals surface area contributed by atoms with Crippen LogP contribution >= 0.6 is 0 Å². The van der Waals surface area contributed by atoms with Crippen molar-refractivity contribution < 1.29 is 4.79 Å². The van der Waals surface area contributed by atoms with Crippen molar-refractivity contribution in [3.63, 3.8) is 0 Å². The highest BCUT2D eigenvalue weighted by Gasteiger charge is 2.27. The maximum atomic E-state index is 12.4. The molecule has 2 aromatic heterocycles. The van der Waals surface area contributed by atoms with E-state index in [1.165, 1.54) is 0 Å². The normalized spacial score (nSPS) is 12.3. The standard InChI is InChI=1S/C18H14N2O2/c1-10-7-8-15-17-13(9-20(15)18(10)22)16(11(2)21)12-5-3-4-6-14(12)19-17/h3-8H,9H2,1-2H3. The van der Waals surface area contributed by atoms with Crippen LogP contribution in [0, 0.1) is 6.92 Å². The minimum Gasteiger partial charge on any atom is -0.302 e. The zero-order chi connectivity index (χ0) is 15.4. The Morgan fingerprint density at radius 1 is 1.18 bits per heavy atom. The first kappa shape index (κ1) is 13.0. The van der Waals surface area contributed by atoms with E-state index in [1.54, 1.807) is 18.4 Å². The molecule has 0 spiro atoms. The summed E-state index contributed by atoms with van der Waals surface area (Å²) in [5.74, 6) is 0.00688. The average Bonchev–Trinajstić information content (AvgIpc) is 2.87. The summed E-state index contributed by atoms with van der Waals surface area (Å²) in [4.78, 5) is 29.3. The monoisotopic (exact) mass is 290 g/mol. The van der Waals surface area contributed by atoms with Gasteiger partial charge < -0.3 is 4.57 Å². The summed E-state index contributed by atoms with van der Waals surface area (Å²) in [6, 6.07) is 11.3. The maximum Gasteiger partial charge on any atom is 0.254 e. The van der Waals surface area contributed by atoms with Gasteiger partial charge in [-0.2, -0.15) is 0 Å². The van der Waals surface area contributed by atoms with Gasteiger partial charge >= 0.3 is 0 Å². The molecule has 0 atom stereocenters. The van der Waals surface area contributed by atoms with Crippen molar-refractivity contribution in [3.8, 4) is 11.4 Å². The molecule has 4 heteroatoms. The molecule has 0 fully saturated rings. The van der Waals surface area contributed by atoms with Crippen LogP contribution in [0.25, 0.3) is 22.3 Å². The third-order valence-electron chi connectivity index (χ3n) is 4.27. The lowest BCUT2D eigenvalue weighted by Gasteiger charge is -2.08. The van der Waals surface area contributed by atoms with Crippen molar-refractivity contribution >= 4 is 16.7 Å². The number of fused-ring (bicyclic) bond motifs is 4. The van der Waals surface area contributed by atoms with Crippen LogP contribution in [0.1, 0.15) is 28.4 Å². The van der Waals surface area contributed by atoms with E-state index in [1.807, 2.05) is 36.4 Å². The first-order valence-corrected chi connectivity index (χ1v) is 7.21. The zero-order valence-electron chi connectivity index (χ0n) is 12.4. The SMILES string of the molecule is CC(=O)c1c2c(nc3ccccc13)-c1ccc(C)c(=O)n1C2. The number of hydrogen-bond acceptors (Lipinski definition) is 3. The van der Waals surface area contributed by atoms with Crippen LogP contribution in [-0.2, 0) is 6.54 Å². The van der Waals surface area contributed by atoms with Crippen molar-refractivity contribution in [3.05, 3.63) is 63.4 Å². The first-order valence-electron chi connectivity index (χ1n) is 7.21. The second-order valence-electron chi connectivity index (χ2n) is 5.68. The van der Waals surface area contributed by atoms with E-state index in [0.717, 1.165) is 27.9 Å². The number of pyridine rings is 2. The van der Waals surface area contributed by atoms with Gasteiger partial charge in [0.05, 0.1) is 23.4 Å². The highest BCUT2D eigenvalue weighted by Crippen LogP contribution is 2.35. The van der Waals surface area contributed by atoms with E-state index in [9.17, 15) is 9.59 Å². The molecule has 0 unspecified atom stereocenters. The van der Waals surface area contributed by atoms with Crippen LogP contribution < -0.4 is 5.56 Å². The van der Waals surface area contributed by atoms with Gasteiger partial charge in [0, 0.05) is 22.1 Å². The molecular formula is C18H14N2O2. The number of carbonyl (C=O) groups excluding carboxylic acids is 1. The molecular weight excluding hydrogens is 276 g/mol. The lowest BCUT2D eigenvalue weighted by molar-refractivity contribution is 0.101. The Kier molecular flexibility index (Phi) is 2.57. The number of ketones is 1. The molecule has 4 nitrogen and oxygen atoms in total. The molecule has 0 N–H and O–H groups in total. The number of aryl methyl sites for hydroxylation is 1. The molecule has 4 rings (SSSR count). The molecule has 0 saturated carbocycles. The van der Waals surface area contributed by atoms with Gasteiger partial charge in [0.1, 0.15) is 0 Å². The van der Waals surface area contributed by atoms with Gasteiger partial charge in [0.15, 0.2) is 5.78 Å². The summed E-state index contributed by atoms with van der Waals surface area (Å²) in [6.45, 7) is 3.78. The van der Waals surface area contributed by atoms with Crippen LogP contribution in [0.4, 0.5) is 0 Å². The molecule has 0 bridgehead atoms. The molecule has 108 valence electrons. The zero-order valence-corrected chi connectivity index (χ0v) is 12.4. The van der Waals surface area contributed by atoms with Gasteiger partial charge in [-0.15, -0.1) is 0 Å². The summed E-state index contributed by atoms with van der Waals surface area (Å²) in [7, 11) is 0. The van der Waals surface area contributed by atoms with Crippen molar-refractivity contribution in [2.24, 2.45) is 0 Å². The first-order chi connectivity index (χ1) is 10.6. The Bertz CT molecular complexity index is 1020. The predicted octanol–water partition coefficient (Wildman–Crippen LogP) is 2.94. The van der Waals surface area contributed by atoms with E-state index < -0.39 is 0 Å². The number of Topliss-reactive ketones (excluding diaryl/α,β-unsaturated/α-hetero) is 1. The topological polar surface area (TPSA) is 52.0 Å². The number of carbonyl (C=O) groups is 1. The van der Waals surface area contributed by atoms with Crippen LogP contribution in [0.3, 0.4) is 0 Å². The number of nitrogens with zero attached hydrogens (tertiary/aromatic N) is 2. The largest absolute Gasteiger partial charge is 0.302 e. The fourth-order valence-electron chi connectivity index (χ4n) is 3.23. The average molecular weight is 290 g/mol. The van der Waals surface area contributed by atoms with Gasteiger partial charge in [-0.1, -0.05) is 24.3 Å². The summed E-state index contributed by atoms with van der Waals surface area (Å²) in [5.41, 5.74) is 4.54. The van der Waals surface area contributed by atoms with Gasteiger partial charge in [0.25, 0.3) is 5.56 Å². The fraction of sp³-hybridized carbons (Fsp3) is 0.167. The Hall–Kier alpha value is -2.75. The minimum absolute atomic E-state index is 0.00688. The number of para-hydroxylation sites is 1. The summed E-state index contributed by atoms with van der Waals surface area (Å²) < 4.78 is 1.71. The van der Waals surface area contributed by atoms with Gasteiger partial charge in [-0.05, 0) is 26.0 Å². The fourth-order valence-corrected chi connectivity index (χ4v) is 3.23. The van der Waals surface area contributed by atoms with Crippen molar-refractivity contribution in [1.82, 2.24) is 9.55 Å². The van der Waals surface area contributed by atoms with E-state index in [-0.39, 0.29) is 11.3 Å². The van der Waals surface area contributed by atoms with E-state index in [4.69, 9.17) is 4.98 Å². The number of aromatic nitrogens is 2. The van der Waals surface area contributed by atoms with Gasteiger partial charge in [-0.25, -0.2) is 4.98 Å². The quantitative estimate of drug-likeness (QED) is 0.506. The van der Waals surface area contributed by atoms with Crippen LogP contribution in [0.15, 0.2) is 41.2 Å². The molecule has 1 aliphatic heterocycles. The number of benzene rings is 1. The Labute approximate surface area is 127 Å².